The Kier molecular flexibility index (Phi) is 9.85. The molecule has 0 aliphatic carbocycles. The average molecular weight is 255 g/mol. The lowest BCUT2D eigenvalue weighted by Gasteiger charge is -2.24. The monoisotopic (exact) mass is 254 g/mol. The minimum Gasteiger partial charge on any atom is -0.377 e. The Morgan fingerprint density at radius 1 is 0.800 bits per heavy atom. The molecule has 3 nitrogen and oxygen atoms in total. The number of rotatable bonds is 10. The van der Waals surface area contributed by atoms with Crippen molar-refractivity contribution < 1.29 is 13.3 Å². The molecule has 0 spiro atoms. The lowest BCUT2D eigenvalue weighted by atomic mass is 10.2. The summed E-state index contributed by atoms with van der Waals surface area (Å²) in [5.74, 6) is 0.771. The molecule has 0 bridgehead atoms. The maximum absolute atomic E-state index is 5.60. The molecule has 0 saturated carbocycles. The molecular weight excluding hydrogens is 232 g/mol. The smallest absolute Gasteiger partial charge is 0.377 e. The topological polar surface area (TPSA) is 27.7 Å². The number of hydrogen-bond acceptors (Lipinski definition) is 3. The number of hydrogen-bond donors (Lipinski definition) is 0. The molecule has 0 rings (SSSR count). The summed E-state index contributed by atoms with van der Waals surface area (Å²) >= 11 is 5.60. The van der Waals surface area contributed by atoms with Gasteiger partial charge >= 0.3 is 8.80 Å². The Morgan fingerprint density at radius 3 is 1.73 bits per heavy atom. The summed E-state index contributed by atoms with van der Waals surface area (Å²) in [6.07, 6.45) is 5.86. The zero-order valence-electron chi connectivity index (χ0n) is 10.1. The fourth-order valence-electron chi connectivity index (χ4n) is 1.52. The highest BCUT2D eigenvalue weighted by atomic mass is 35.5. The van der Waals surface area contributed by atoms with Gasteiger partial charge in [-0.3, -0.25) is 0 Å². The minimum absolute atomic E-state index is 0.771. The third-order valence-electron chi connectivity index (χ3n) is 2.55. The van der Waals surface area contributed by atoms with Crippen LogP contribution < -0.4 is 0 Å². The Labute approximate surface area is 99.4 Å². The number of halogens is 1. The molecule has 0 aromatic heterocycles. The summed E-state index contributed by atoms with van der Waals surface area (Å²) in [4.78, 5) is 0. The highest BCUT2D eigenvalue weighted by Gasteiger charge is 2.36. The number of alkyl halides is 1. The maximum atomic E-state index is 5.60. The van der Waals surface area contributed by atoms with E-state index < -0.39 is 8.80 Å². The van der Waals surface area contributed by atoms with Crippen molar-refractivity contribution in [3.63, 3.8) is 0 Å². The van der Waals surface area contributed by atoms with Crippen molar-refractivity contribution in [3.05, 3.63) is 0 Å². The molecule has 0 atom stereocenters. The normalized spacial score (nSPS) is 12.0. The van der Waals surface area contributed by atoms with E-state index in [4.69, 9.17) is 24.9 Å². The molecule has 0 N–H and O–H groups in total. The second-order valence-electron chi connectivity index (χ2n) is 3.50. The van der Waals surface area contributed by atoms with Gasteiger partial charge in [0.15, 0.2) is 0 Å². The third kappa shape index (κ3) is 6.53. The van der Waals surface area contributed by atoms with Crippen LogP contribution in [0.1, 0.15) is 32.1 Å². The quantitative estimate of drug-likeness (QED) is 0.341. The lowest BCUT2D eigenvalue weighted by molar-refractivity contribution is 0.122. The van der Waals surface area contributed by atoms with Crippen LogP contribution in [0.5, 0.6) is 0 Å². The molecule has 0 aromatic carbocycles. The molecule has 0 aliphatic heterocycles. The Hall–Kier alpha value is 0.387. The van der Waals surface area contributed by atoms with Gasteiger partial charge in [0.2, 0.25) is 0 Å². The molecular formula is C10H23ClO3Si. The van der Waals surface area contributed by atoms with Crippen LogP contribution in [0.25, 0.3) is 0 Å². The van der Waals surface area contributed by atoms with Crippen LogP contribution in [0.3, 0.4) is 0 Å². The van der Waals surface area contributed by atoms with Gasteiger partial charge in [-0.05, 0) is 12.8 Å². The van der Waals surface area contributed by atoms with E-state index in [0.29, 0.717) is 0 Å². The molecule has 5 heteroatoms. The van der Waals surface area contributed by atoms with E-state index in [1.807, 2.05) is 0 Å². The molecule has 0 heterocycles. The molecule has 0 unspecified atom stereocenters. The molecule has 0 aliphatic rings. The van der Waals surface area contributed by atoms with E-state index in [1.54, 1.807) is 21.3 Å². The molecule has 0 saturated heterocycles. The van der Waals surface area contributed by atoms with Crippen molar-refractivity contribution in [1.82, 2.24) is 0 Å². The first-order valence-corrected chi connectivity index (χ1v) is 7.92. The zero-order valence-corrected chi connectivity index (χ0v) is 11.8. The molecule has 15 heavy (non-hydrogen) atoms. The SMILES string of the molecule is CO[Si](CCCCCCCCl)(OC)OC. The van der Waals surface area contributed by atoms with Crippen molar-refractivity contribution >= 4 is 20.4 Å². The second kappa shape index (κ2) is 9.60. The summed E-state index contributed by atoms with van der Waals surface area (Å²) in [7, 11) is 2.67. The largest absolute Gasteiger partial charge is 0.500 e. The summed E-state index contributed by atoms with van der Waals surface area (Å²) in [6.45, 7) is 0. The second-order valence-corrected chi connectivity index (χ2v) is 6.97. The molecule has 0 fully saturated rings. The Balaban J connectivity index is 3.54. The van der Waals surface area contributed by atoms with Gasteiger partial charge in [-0.15, -0.1) is 11.6 Å². The van der Waals surface area contributed by atoms with Crippen LogP contribution in [-0.2, 0) is 13.3 Å². The van der Waals surface area contributed by atoms with Crippen LogP contribution in [0.15, 0.2) is 0 Å². The van der Waals surface area contributed by atoms with Gasteiger partial charge in [-0.1, -0.05) is 19.3 Å². The third-order valence-corrected chi connectivity index (χ3v) is 5.65. The van der Waals surface area contributed by atoms with Crippen molar-refractivity contribution in [2.75, 3.05) is 27.2 Å². The van der Waals surface area contributed by atoms with Gasteiger partial charge < -0.3 is 13.3 Å². The highest BCUT2D eigenvalue weighted by molar-refractivity contribution is 6.60. The first kappa shape index (κ1) is 15.4. The van der Waals surface area contributed by atoms with E-state index in [1.165, 1.54) is 19.3 Å². The summed E-state index contributed by atoms with van der Waals surface area (Å²) in [5, 5.41) is 0. The number of unbranched alkanes of at least 4 members (excludes halogenated alkanes) is 4. The van der Waals surface area contributed by atoms with Crippen LogP contribution in [-0.4, -0.2) is 36.0 Å². The lowest BCUT2D eigenvalue weighted by Crippen LogP contribution is -2.42. The Bertz CT molecular complexity index is 134. The van der Waals surface area contributed by atoms with Gasteiger partial charge in [0.1, 0.15) is 0 Å². The predicted octanol–water partition coefficient (Wildman–Crippen LogP) is 3.05. The first-order valence-electron chi connectivity index (χ1n) is 5.46. The van der Waals surface area contributed by atoms with Crippen molar-refractivity contribution in [2.45, 2.75) is 38.1 Å². The van der Waals surface area contributed by atoms with Gasteiger partial charge in [0.25, 0.3) is 0 Å². The minimum atomic E-state index is -2.31. The van der Waals surface area contributed by atoms with Crippen molar-refractivity contribution in [3.8, 4) is 0 Å². The predicted molar refractivity (Wildman–Crippen MR) is 65.4 cm³/mol. The average Bonchev–Trinajstić information content (AvgIpc) is 2.29. The standard InChI is InChI=1S/C10H23ClO3Si/c1-12-15(13-2,14-3)10-8-6-4-5-7-9-11/h4-10H2,1-3H3. The first-order chi connectivity index (χ1) is 7.24. The van der Waals surface area contributed by atoms with Gasteiger partial charge in [0, 0.05) is 33.3 Å². The van der Waals surface area contributed by atoms with Crippen LogP contribution in [0, 0.1) is 0 Å². The zero-order chi connectivity index (χ0) is 11.6. The van der Waals surface area contributed by atoms with Crippen molar-refractivity contribution in [1.29, 1.82) is 0 Å². The van der Waals surface area contributed by atoms with E-state index in [-0.39, 0.29) is 0 Å². The molecule has 0 amide bonds. The van der Waals surface area contributed by atoms with Crippen LogP contribution in [0.4, 0.5) is 0 Å². The van der Waals surface area contributed by atoms with Crippen LogP contribution in [0.2, 0.25) is 6.04 Å². The summed E-state index contributed by atoms with van der Waals surface area (Å²) in [6, 6.07) is 0.900. The highest BCUT2D eigenvalue weighted by Crippen LogP contribution is 2.17. The maximum Gasteiger partial charge on any atom is 0.500 e. The summed E-state index contributed by atoms with van der Waals surface area (Å²) in [5.41, 5.74) is 0. The van der Waals surface area contributed by atoms with E-state index in [2.05, 4.69) is 0 Å². The van der Waals surface area contributed by atoms with Crippen molar-refractivity contribution in [2.24, 2.45) is 0 Å². The molecule has 0 radical (unpaired) electrons. The van der Waals surface area contributed by atoms with E-state index in [9.17, 15) is 0 Å². The van der Waals surface area contributed by atoms with Gasteiger partial charge in [-0.2, -0.15) is 0 Å². The Morgan fingerprint density at radius 2 is 1.27 bits per heavy atom. The molecule has 0 aromatic rings. The van der Waals surface area contributed by atoms with Crippen LogP contribution >= 0.6 is 11.6 Å². The summed E-state index contributed by atoms with van der Waals surface area (Å²) < 4.78 is 16.0. The van der Waals surface area contributed by atoms with Gasteiger partial charge in [0.05, 0.1) is 0 Å². The fourth-order valence-corrected chi connectivity index (χ4v) is 3.51. The molecule has 92 valence electrons. The van der Waals surface area contributed by atoms with Gasteiger partial charge in [-0.25, -0.2) is 0 Å². The fraction of sp³-hybridized carbons (Fsp3) is 1.00. The van der Waals surface area contributed by atoms with E-state index >= 15 is 0 Å². The van der Waals surface area contributed by atoms with E-state index in [0.717, 1.165) is 24.8 Å².